The zero-order valence-electron chi connectivity index (χ0n) is 17.8. The van der Waals surface area contributed by atoms with E-state index in [1.165, 1.54) is 6.92 Å². The summed E-state index contributed by atoms with van der Waals surface area (Å²) in [6.07, 6.45) is 1.01. The second-order valence-corrected chi connectivity index (χ2v) is 6.22. The Morgan fingerprint density at radius 2 is 1.96 bits per heavy atom. The van der Waals surface area contributed by atoms with E-state index in [0.717, 1.165) is 12.8 Å². The third-order valence-corrected chi connectivity index (χ3v) is 3.49. The van der Waals surface area contributed by atoms with E-state index in [0.29, 0.717) is 29.4 Å². The summed E-state index contributed by atoms with van der Waals surface area (Å²) in [4.78, 5) is 16.3. The lowest BCUT2D eigenvalue weighted by Crippen LogP contribution is -2.35. The molecular weight excluding hydrogens is 344 g/mol. The molecule has 0 aliphatic heterocycles. The number of ketones is 1. The topological polar surface area (TPSA) is 80.2 Å². The molecule has 6 nitrogen and oxygen atoms in total. The van der Waals surface area contributed by atoms with Crippen LogP contribution >= 0.6 is 0 Å². The van der Waals surface area contributed by atoms with Crippen LogP contribution in [0.1, 0.15) is 64.7 Å². The van der Waals surface area contributed by atoms with E-state index in [2.05, 4.69) is 10.3 Å². The maximum atomic E-state index is 11.9. The van der Waals surface area contributed by atoms with E-state index >= 15 is 0 Å². The van der Waals surface area contributed by atoms with Gasteiger partial charge in [0.25, 0.3) is 0 Å². The highest BCUT2D eigenvalue weighted by Crippen LogP contribution is 2.26. The molecule has 6 heteroatoms. The van der Waals surface area contributed by atoms with Crippen molar-refractivity contribution in [3.63, 3.8) is 0 Å². The molecule has 1 rings (SSSR count). The number of ether oxygens (including phenoxy) is 2. The summed E-state index contributed by atoms with van der Waals surface area (Å²) in [5, 5.41) is 13.1. The third kappa shape index (κ3) is 10.1. The van der Waals surface area contributed by atoms with Crippen molar-refractivity contribution in [2.24, 2.45) is 4.99 Å². The number of hydrogen-bond acceptors (Lipinski definition) is 6. The molecule has 1 unspecified atom stereocenters. The lowest BCUT2D eigenvalue weighted by molar-refractivity contribution is 0.0968. The highest BCUT2D eigenvalue weighted by Gasteiger charge is 2.13. The van der Waals surface area contributed by atoms with Crippen molar-refractivity contribution in [2.75, 3.05) is 20.3 Å². The molecule has 1 atom stereocenters. The van der Waals surface area contributed by atoms with Crippen molar-refractivity contribution in [1.82, 2.24) is 5.32 Å². The standard InChI is InChI=1S/C19H30N2O4.C2H6/c1-6-7-19(24-5)21-15-8-9-18(17(10-15)14(4)22)25-12-16(23)11-20-13(2)3;1-2/h8-10,13,16,20,23H,6-7,11-12H2,1-5H3;1-2H3. The molecule has 0 aromatic heterocycles. The lowest BCUT2D eigenvalue weighted by Gasteiger charge is -2.16. The molecule has 0 aliphatic carbocycles. The van der Waals surface area contributed by atoms with Crippen LogP contribution in [0.5, 0.6) is 5.75 Å². The first-order valence-corrected chi connectivity index (χ1v) is 9.68. The van der Waals surface area contributed by atoms with E-state index in [1.807, 2.05) is 34.6 Å². The summed E-state index contributed by atoms with van der Waals surface area (Å²) < 4.78 is 10.9. The maximum Gasteiger partial charge on any atom is 0.188 e. The largest absolute Gasteiger partial charge is 0.490 e. The number of carbonyl (C=O) groups excluding carboxylic acids is 1. The van der Waals surface area contributed by atoms with E-state index in [9.17, 15) is 9.90 Å². The van der Waals surface area contributed by atoms with Crippen molar-refractivity contribution in [3.05, 3.63) is 23.8 Å². The molecule has 0 saturated carbocycles. The minimum absolute atomic E-state index is 0.113. The number of nitrogens with zero attached hydrogens (tertiary/aromatic N) is 1. The molecular formula is C21H36N2O4. The molecule has 0 aliphatic rings. The van der Waals surface area contributed by atoms with Gasteiger partial charge in [0.05, 0.1) is 18.4 Å². The number of aliphatic hydroxyl groups excluding tert-OH is 1. The number of benzene rings is 1. The second-order valence-electron chi connectivity index (χ2n) is 6.22. The van der Waals surface area contributed by atoms with E-state index in [4.69, 9.17) is 9.47 Å². The Morgan fingerprint density at radius 3 is 2.48 bits per heavy atom. The number of Topliss-reactive ketones (excluding diaryl/α,β-unsaturated/α-hetero) is 1. The van der Waals surface area contributed by atoms with Crippen molar-refractivity contribution >= 4 is 17.4 Å². The van der Waals surface area contributed by atoms with Gasteiger partial charge in [-0.1, -0.05) is 34.6 Å². The fourth-order valence-corrected chi connectivity index (χ4v) is 2.17. The molecule has 1 aromatic carbocycles. The van der Waals surface area contributed by atoms with Gasteiger partial charge >= 0.3 is 0 Å². The first-order valence-electron chi connectivity index (χ1n) is 9.68. The smallest absolute Gasteiger partial charge is 0.188 e. The summed E-state index contributed by atoms with van der Waals surface area (Å²) in [7, 11) is 1.59. The molecule has 1 aromatic rings. The fourth-order valence-electron chi connectivity index (χ4n) is 2.17. The average Bonchev–Trinajstić information content (AvgIpc) is 2.66. The molecule has 2 N–H and O–H groups in total. The Morgan fingerprint density at radius 1 is 1.30 bits per heavy atom. The molecule has 0 heterocycles. The van der Waals surface area contributed by atoms with Crippen molar-refractivity contribution in [3.8, 4) is 5.75 Å². The van der Waals surface area contributed by atoms with Crippen LogP contribution in [-0.4, -0.2) is 49.2 Å². The summed E-state index contributed by atoms with van der Waals surface area (Å²) in [5.41, 5.74) is 1.09. The zero-order chi connectivity index (χ0) is 20.8. The first-order chi connectivity index (χ1) is 12.9. The molecule has 27 heavy (non-hydrogen) atoms. The van der Waals surface area contributed by atoms with Gasteiger partial charge in [-0.3, -0.25) is 4.79 Å². The Balaban J connectivity index is 0.00000326. The minimum Gasteiger partial charge on any atom is -0.490 e. The highest BCUT2D eigenvalue weighted by atomic mass is 16.5. The van der Waals surface area contributed by atoms with Crippen LogP contribution < -0.4 is 10.1 Å². The number of aliphatic imine (C=N–C) groups is 1. The van der Waals surface area contributed by atoms with Gasteiger partial charge in [-0.25, -0.2) is 4.99 Å². The van der Waals surface area contributed by atoms with E-state index in [-0.39, 0.29) is 18.4 Å². The number of methoxy groups -OCH3 is 1. The van der Waals surface area contributed by atoms with Gasteiger partial charge in [0.2, 0.25) is 0 Å². The van der Waals surface area contributed by atoms with Gasteiger partial charge in [-0.05, 0) is 31.5 Å². The summed E-state index contributed by atoms with van der Waals surface area (Å²) in [6, 6.07) is 5.45. The number of aliphatic hydroxyl groups is 1. The number of hydrogen-bond donors (Lipinski definition) is 2. The van der Waals surface area contributed by atoms with E-state index < -0.39 is 6.10 Å². The normalized spacial score (nSPS) is 12.3. The Hall–Kier alpha value is -1.92. The van der Waals surface area contributed by atoms with Gasteiger partial charge < -0.3 is 19.9 Å². The van der Waals surface area contributed by atoms with Crippen molar-refractivity contribution in [2.45, 2.75) is 66.5 Å². The number of carbonyl (C=O) groups is 1. The molecule has 0 amide bonds. The van der Waals surface area contributed by atoms with Crippen LogP contribution in [0.2, 0.25) is 0 Å². The quantitative estimate of drug-likeness (QED) is 0.362. The molecule has 0 saturated heterocycles. The van der Waals surface area contributed by atoms with Crippen LogP contribution in [0.4, 0.5) is 5.69 Å². The highest BCUT2D eigenvalue weighted by molar-refractivity contribution is 5.98. The van der Waals surface area contributed by atoms with Gasteiger partial charge in [0.1, 0.15) is 18.5 Å². The van der Waals surface area contributed by atoms with Gasteiger partial charge in [-0.15, -0.1) is 0 Å². The first kappa shape index (κ1) is 25.1. The summed E-state index contributed by atoms with van der Waals surface area (Å²) >= 11 is 0. The summed E-state index contributed by atoms with van der Waals surface area (Å²) in [5.74, 6) is 0.960. The Bertz CT molecular complexity index is 586. The minimum atomic E-state index is -0.649. The molecule has 154 valence electrons. The second kappa shape index (κ2) is 14.2. The maximum absolute atomic E-state index is 11.9. The number of rotatable bonds is 10. The van der Waals surface area contributed by atoms with Crippen LogP contribution in [0.25, 0.3) is 0 Å². The predicted molar refractivity (Wildman–Crippen MR) is 111 cm³/mol. The monoisotopic (exact) mass is 380 g/mol. The van der Waals surface area contributed by atoms with Crippen LogP contribution in [0, 0.1) is 0 Å². The Labute approximate surface area is 164 Å². The molecule has 0 spiro atoms. The fraction of sp³-hybridized carbons (Fsp3) is 0.619. The van der Waals surface area contributed by atoms with Crippen LogP contribution in [0.3, 0.4) is 0 Å². The number of nitrogens with one attached hydrogen (secondary N) is 1. The average molecular weight is 381 g/mol. The van der Waals surface area contributed by atoms with Gasteiger partial charge in [0.15, 0.2) is 11.7 Å². The van der Waals surface area contributed by atoms with E-state index in [1.54, 1.807) is 25.3 Å². The van der Waals surface area contributed by atoms with Crippen molar-refractivity contribution < 1.29 is 19.4 Å². The SMILES string of the molecule is CC.CCCC(=Nc1ccc(OCC(O)CNC(C)C)c(C(C)=O)c1)OC. The van der Waals surface area contributed by atoms with Gasteiger partial charge in [0, 0.05) is 19.0 Å². The van der Waals surface area contributed by atoms with Gasteiger partial charge in [-0.2, -0.15) is 0 Å². The summed E-state index contributed by atoms with van der Waals surface area (Å²) in [6.45, 7) is 12.1. The lowest BCUT2D eigenvalue weighted by atomic mass is 10.1. The third-order valence-electron chi connectivity index (χ3n) is 3.49. The molecule has 0 bridgehead atoms. The Kier molecular flexibility index (Phi) is 13.2. The van der Waals surface area contributed by atoms with Crippen molar-refractivity contribution in [1.29, 1.82) is 0 Å². The molecule has 0 radical (unpaired) electrons. The predicted octanol–water partition coefficient (Wildman–Crippen LogP) is 4.13. The van der Waals surface area contributed by atoms with Crippen LogP contribution in [-0.2, 0) is 4.74 Å². The van der Waals surface area contributed by atoms with Crippen LogP contribution in [0.15, 0.2) is 23.2 Å². The molecule has 0 fully saturated rings. The zero-order valence-corrected chi connectivity index (χ0v) is 17.8.